The van der Waals surface area contributed by atoms with E-state index in [1.807, 2.05) is 6.07 Å². The summed E-state index contributed by atoms with van der Waals surface area (Å²) in [6, 6.07) is 3.42. The van der Waals surface area contributed by atoms with E-state index in [1.54, 1.807) is 91.4 Å². The van der Waals surface area contributed by atoms with Gasteiger partial charge in [-0.1, -0.05) is 17.3 Å². The van der Waals surface area contributed by atoms with Crippen molar-refractivity contribution in [1.29, 1.82) is 0 Å². The van der Waals surface area contributed by atoms with Gasteiger partial charge in [-0.25, -0.2) is 28.7 Å². The molecule has 1 aliphatic rings. The molecule has 22 nitrogen and oxygen atoms in total. The highest BCUT2D eigenvalue weighted by Crippen LogP contribution is 2.21. The first-order chi connectivity index (χ1) is 30.9. The van der Waals surface area contributed by atoms with Crippen LogP contribution in [0.2, 0.25) is 0 Å². The number of esters is 3. The van der Waals surface area contributed by atoms with Crippen LogP contribution in [0.4, 0.5) is 15.3 Å². The number of ether oxygens (including phenoxy) is 5. The molecule has 0 saturated carbocycles. The number of anilines is 1. The molecule has 3 rings (SSSR count). The van der Waals surface area contributed by atoms with Crippen molar-refractivity contribution in [3.8, 4) is 11.3 Å². The van der Waals surface area contributed by atoms with Crippen molar-refractivity contribution >= 4 is 53.4 Å². The summed E-state index contributed by atoms with van der Waals surface area (Å²) in [5, 5.41) is 19.6. The van der Waals surface area contributed by atoms with Crippen LogP contribution in [-0.4, -0.2) is 130 Å². The molecule has 1 saturated heterocycles. The number of imide groups is 1. The summed E-state index contributed by atoms with van der Waals surface area (Å²) in [5.41, 5.74) is -0.690. The van der Waals surface area contributed by atoms with E-state index in [2.05, 4.69) is 31.6 Å². The summed E-state index contributed by atoms with van der Waals surface area (Å²) in [6.45, 7) is 16.7. The number of benzene rings is 1. The second-order valence-electron chi connectivity index (χ2n) is 18.3. The first-order valence-electron chi connectivity index (χ1n) is 21.9. The number of amides is 6. The van der Waals surface area contributed by atoms with Crippen LogP contribution in [0.5, 0.6) is 0 Å². The van der Waals surface area contributed by atoms with E-state index in [9.17, 15) is 38.4 Å². The summed E-state index contributed by atoms with van der Waals surface area (Å²) in [6.07, 6.45) is 2.36. The molecule has 1 aliphatic heterocycles. The number of hydrogen-bond acceptors (Lipinski definition) is 16. The van der Waals surface area contributed by atoms with Crippen molar-refractivity contribution in [2.24, 2.45) is 0 Å². The molecule has 22 heteroatoms. The highest BCUT2D eigenvalue weighted by molar-refractivity contribution is 6.01. The lowest BCUT2D eigenvalue weighted by Gasteiger charge is -2.27. The van der Waals surface area contributed by atoms with Gasteiger partial charge in [-0.05, 0) is 100 Å². The van der Waals surface area contributed by atoms with E-state index in [4.69, 9.17) is 28.5 Å². The monoisotopic (exact) mass is 930 g/mol. The number of hydroxylamine groups is 2. The van der Waals surface area contributed by atoms with Gasteiger partial charge in [0.15, 0.2) is 0 Å². The molecule has 0 spiro atoms. The zero-order valence-corrected chi connectivity index (χ0v) is 39.4. The minimum absolute atomic E-state index is 0.0222. The van der Waals surface area contributed by atoms with E-state index < -0.39 is 76.6 Å². The third-order valence-electron chi connectivity index (χ3n) is 8.70. The standard InChI is InChI=1S/C44H66N8O14/c1-42(2,3)63-36(55)19-16-32(39(58)65-44(7,8)9)48-41(60)47-31(38(57)64-43(4,5)6)15-10-11-21-45-40(59)46-30-14-12-13-29(27-30)33-28-51(50-49-33)22-24-62-26-25-61-23-20-37(56)66-52-34(53)17-18-35(52)54/h12-14,27-28,31-32H,10-11,15-26H2,1-9H3,(H2,45,46,59)(H2,47,48,60). The molecule has 2 aromatic rings. The highest BCUT2D eigenvalue weighted by Gasteiger charge is 2.33. The lowest BCUT2D eigenvalue weighted by Crippen LogP contribution is -2.53. The molecule has 6 amide bonds. The van der Waals surface area contributed by atoms with Gasteiger partial charge in [-0.15, -0.1) is 10.2 Å². The predicted molar refractivity (Wildman–Crippen MR) is 236 cm³/mol. The Morgan fingerprint density at radius 2 is 1.29 bits per heavy atom. The third-order valence-corrected chi connectivity index (χ3v) is 8.70. The van der Waals surface area contributed by atoms with E-state index >= 15 is 0 Å². The van der Waals surface area contributed by atoms with Gasteiger partial charge in [0, 0.05) is 37.1 Å². The van der Waals surface area contributed by atoms with Crippen LogP contribution < -0.4 is 21.3 Å². The Hall–Kier alpha value is -6.16. The number of urea groups is 2. The summed E-state index contributed by atoms with van der Waals surface area (Å²) in [7, 11) is 0. The number of carbonyl (C=O) groups excluding carboxylic acids is 8. The lowest BCUT2D eigenvalue weighted by molar-refractivity contribution is -0.198. The van der Waals surface area contributed by atoms with Crippen LogP contribution in [0.25, 0.3) is 11.3 Å². The number of carbonyl (C=O) groups is 8. The number of nitrogens with one attached hydrogen (secondary N) is 4. The number of nitrogens with zero attached hydrogens (tertiary/aromatic N) is 4. The van der Waals surface area contributed by atoms with Crippen LogP contribution in [0.1, 0.15) is 114 Å². The van der Waals surface area contributed by atoms with E-state index in [0.717, 1.165) is 0 Å². The van der Waals surface area contributed by atoms with Crippen LogP contribution in [0.3, 0.4) is 0 Å². The summed E-state index contributed by atoms with van der Waals surface area (Å²) in [4.78, 5) is 104. The van der Waals surface area contributed by atoms with Gasteiger partial charge in [0.25, 0.3) is 11.8 Å². The van der Waals surface area contributed by atoms with Crippen LogP contribution >= 0.6 is 0 Å². The molecular weight excluding hydrogens is 865 g/mol. The topological polar surface area (TPSA) is 274 Å². The Balaban J connectivity index is 1.42. The summed E-state index contributed by atoms with van der Waals surface area (Å²) >= 11 is 0. The van der Waals surface area contributed by atoms with Crippen molar-refractivity contribution in [1.82, 2.24) is 36.0 Å². The van der Waals surface area contributed by atoms with Crippen LogP contribution in [0.15, 0.2) is 30.5 Å². The predicted octanol–water partition coefficient (Wildman–Crippen LogP) is 4.11. The molecule has 4 N–H and O–H groups in total. The maximum Gasteiger partial charge on any atom is 0.335 e. The van der Waals surface area contributed by atoms with E-state index in [1.165, 1.54) is 0 Å². The summed E-state index contributed by atoms with van der Waals surface area (Å²) in [5.74, 6) is -3.83. The van der Waals surface area contributed by atoms with Gasteiger partial charge in [0.05, 0.1) is 45.6 Å². The zero-order chi connectivity index (χ0) is 49.1. The molecule has 2 unspecified atom stereocenters. The molecule has 0 radical (unpaired) electrons. The molecule has 1 fully saturated rings. The second kappa shape index (κ2) is 25.5. The molecule has 366 valence electrons. The lowest BCUT2D eigenvalue weighted by atomic mass is 10.1. The largest absolute Gasteiger partial charge is 0.460 e. The smallest absolute Gasteiger partial charge is 0.335 e. The fourth-order valence-corrected chi connectivity index (χ4v) is 5.84. The Kier molecular flexibility index (Phi) is 20.9. The minimum atomic E-state index is -1.22. The fraction of sp³-hybridized carbons (Fsp3) is 0.636. The van der Waals surface area contributed by atoms with Gasteiger partial charge in [-0.2, -0.15) is 0 Å². The Bertz CT molecular complexity index is 1970. The van der Waals surface area contributed by atoms with Crippen LogP contribution in [-0.2, 0) is 63.8 Å². The Morgan fingerprint density at radius 3 is 1.89 bits per heavy atom. The van der Waals surface area contributed by atoms with Crippen molar-refractivity contribution < 1.29 is 66.9 Å². The summed E-state index contributed by atoms with van der Waals surface area (Å²) < 4.78 is 28.9. The first kappa shape index (κ1) is 54.2. The zero-order valence-electron chi connectivity index (χ0n) is 39.4. The van der Waals surface area contributed by atoms with Gasteiger partial charge >= 0.3 is 35.9 Å². The van der Waals surface area contributed by atoms with Crippen LogP contribution in [0, 0.1) is 0 Å². The number of rotatable bonds is 24. The molecule has 0 aliphatic carbocycles. The fourth-order valence-electron chi connectivity index (χ4n) is 5.84. The molecular formula is C44H66N8O14. The first-order valence-corrected chi connectivity index (χ1v) is 21.9. The number of aromatic nitrogens is 3. The van der Waals surface area contributed by atoms with Crippen molar-refractivity contribution in [3.63, 3.8) is 0 Å². The Labute approximate surface area is 384 Å². The van der Waals surface area contributed by atoms with Gasteiger partial charge in [-0.3, -0.25) is 14.4 Å². The quantitative estimate of drug-likeness (QED) is 0.0499. The van der Waals surface area contributed by atoms with E-state index in [-0.39, 0.29) is 64.9 Å². The minimum Gasteiger partial charge on any atom is -0.460 e. The third kappa shape index (κ3) is 21.7. The number of unbranched alkanes of at least 4 members (excludes halogenated alkanes) is 1. The van der Waals surface area contributed by atoms with Crippen molar-refractivity contribution in [2.45, 2.75) is 149 Å². The highest BCUT2D eigenvalue weighted by atomic mass is 16.7. The average Bonchev–Trinajstić information content (AvgIpc) is 3.80. The normalized spacial score (nSPS) is 13.9. The molecule has 0 bridgehead atoms. The number of hydrogen-bond donors (Lipinski definition) is 4. The molecule has 1 aromatic heterocycles. The Morgan fingerprint density at radius 1 is 0.697 bits per heavy atom. The molecule has 66 heavy (non-hydrogen) atoms. The van der Waals surface area contributed by atoms with Gasteiger partial charge < -0.3 is 49.8 Å². The molecule has 2 atom stereocenters. The van der Waals surface area contributed by atoms with Gasteiger partial charge in [0.1, 0.15) is 34.6 Å². The van der Waals surface area contributed by atoms with E-state index in [0.29, 0.717) is 48.0 Å². The second-order valence-corrected chi connectivity index (χ2v) is 18.3. The molecule has 1 aromatic carbocycles. The van der Waals surface area contributed by atoms with Crippen molar-refractivity contribution in [3.05, 3.63) is 30.5 Å². The maximum absolute atomic E-state index is 13.2. The van der Waals surface area contributed by atoms with Gasteiger partial charge in [0.2, 0.25) is 0 Å². The molecule has 2 heterocycles. The SMILES string of the molecule is CC(C)(C)OC(=O)CCC(NC(=O)NC(CCCCNC(=O)Nc1cccc(-c2cn(CCOCCOCCC(=O)ON3C(=O)CCC3=O)nn2)c1)C(=O)OC(C)(C)C)C(=O)OC(C)(C)C. The average molecular weight is 931 g/mol. The van der Waals surface area contributed by atoms with Crippen molar-refractivity contribution in [2.75, 3.05) is 38.3 Å². The maximum atomic E-state index is 13.2.